The zero-order valence-corrected chi connectivity index (χ0v) is 13.9. The monoisotopic (exact) mass is 312 g/mol. The van der Waals surface area contributed by atoms with Crippen LogP contribution in [0.2, 0.25) is 0 Å². The quantitative estimate of drug-likeness (QED) is 0.786. The van der Waals surface area contributed by atoms with Crippen molar-refractivity contribution in [3.05, 3.63) is 54.1 Å². The number of nitrogens with two attached hydrogens (primary N) is 1. The third-order valence-corrected chi connectivity index (χ3v) is 3.89. The predicted molar refractivity (Wildman–Crippen MR) is 94.7 cm³/mol. The first-order valence-electron chi connectivity index (χ1n) is 7.93. The summed E-state index contributed by atoms with van der Waals surface area (Å²) >= 11 is 0. The van der Waals surface area contributed by atoms with Gasteiger partial charge in [0.1, 0.15) is 5.75 Å². The molecule has 1 amide bonds. The number of nitrogen functional groups attached to an aromatic ring is 1. The maximum absolute atomic E-state index is 12.3. The van der Waals surface area contributed by atoms with E-state index in [1.165, 1.54) is 0 Å². The van der Waals surface area contributed by atoms with E-state index < -0.39 is 6.10 Å². The number of carbonyl (C=O) groups is 1. The van der Waals surface area contributed by atoms with E-state index in [1.807, 2.05) is 24.3 Å². The molecule has 0 saturated carbocycles. The molecular formula is C19H24N2O2. The van der Waals surface area contributed by atoms with Gasteiger partial charge in [-0.25, -0.2) is 0 Å². The molecular weight excluding hydrogens is 288 g/mol. The van der Waals surface area contributed by atoms with Gasteiger partial charge in [-0.15, -0.1) is 0 Å². The van der Waals surface area contributed by atoms with Gasteiger partial charge in [-0.05, 0) is 49.1 Å². The standard InChI is InChI=1S/C19H24N2O2/c1-4-13(2)17-10-5-6-11-18(17)23-14(3)19(22)21-16-9-7-8-15(20)12-16/h5-14H,4,20H2,1-3H3,(H,21,22). The van der Waals surface area contributed by atoms with Crippen LogP contribution >= 0.6 is 0 Å². The van der Waals surface area contributed by atoms with Gasteiger partial charge in [0, 0.05) is 11.4 Å². The van der Waals surface area contributed by atoms with Crippen LogP contribution in [-0.4, -0.2) is 12.0 Å². The van der Waals surface area contributed by atoms with Crippen LogP contribution in [0, 0.1) is 0 Å². The van der Waals surface area contributed by atoms with E-state index in [1.54, 1.807) is 31.2 Å². The summed E-state index contributed by atoms with van der Waals surface area (Å²) in [5.41, 5.74) is 8.12. The normalized spacial score (nSPS) is 13.2. The lowest BCUT2D eigenvalue weighted by Crippen LogP contribution is -2.30. The van der Waals surface area contributed by atoms with Gasteiger partial charge in [-0.2, -0.15) is 0 Å². The summed E-state index contributed by atoms with van der Waals surface area (Å²) in [5, 5.41) is 2.82. The van der Waals surface area contributed by atoms with E-state index in [0.717, 1.165) is 17.7 Å². The highest BCUT2D eigenvalue weighted by molar-refractivity contribution is 5.94. The molecule has 2 aromatic rings. The Kier molecular flexibility index (Phi) is 5.63. The second kappa shape index (κ2) is 7.68. The van der Waals surface area contributed by atoms with E-state index in [-0.39, 0.29) is 5.91 Å². The number of anilines is 2. The Bertz CT molecular complexity index is 670. The lowest BCUT2D eigenvalue weighted by atomic mass is 9.98. The van der Waals surface area contributed by atoms with E-state index in [2.05, 4.69) is 19.2 Å². The number of hydrogen-bond donors (Lipinski definition) is 2. The highest BCUT2D eigenvalue weighted by Gasteiger charge is 2.18. The van der Waals surface area contributed by atoms with Crippen molar-refractivity contribution in [2.24, 2.45) is 0 Å². The average molecular weight is 312 g/mol. The molecule has 0 aliphatic rings. The van der Waals surface area contributed by atoms with E-state index in [4.69, 9.17) is 10.5 Å². The lowest BCUT2D eigenvalue weighted by molar-refractivity contribution is -0.122. The molecule has 0 bridgehead atoms. The topological polar surface area (TPSA) is 64.3 Å². The molecule has 4 nitrogen and oxygen atoms in total. The zero-order valence-electron chi connectivity index (χ0n) is 13.9. The second-order valence-electron chi connectivity index (χ2n) is 5.72. The Balaban J connectivity index is 2.07. The summed E-state index contributed by atoms with van der Waals surface area (Å²) in [7, 11) is 0. The first kappa shape index (κ1) is 16.9. The Labute approximate surface area is 137 Å². The zero-order chi connectivity index (χ0) is 16.8. The van der Waals surface area contributed by atoms with Gasteiger partial charge in [0.25, 0.3) is 5.91 Å². The van der Waals surface area contributed by atoms with Crippen molar-refractivity contribution in [2.75, 3.05) is 11.1 Å². The van der Waals surface area contributed by atoms with Gasteiger partial charge < -0.3 is 15.8 Å². The summed E-state index contributed by atoms with van der Waals surface area (Å²) in [5.74, 6) is 0.946. The van der Waals surface area contributed by atoms with Crippen molar-refractivity contribution >= 4 is 17.3 Å². The number of nitrogens with one attached hydrogen (secondary N) is 1. The third kappa shape index (κ3) is 4.49. The maximum Gasteiger partial charge on any atom is 0.265 e. The minimum atomic E-state index is -0.596. The van der Waals surface area contributed by atoms with Crippen molar-refractivity contribution in [2.45, 2.75) is 39.2 Å². The van der Waals surface area contributed by atoms with Gasteiger partial charge >= 0.3 is 0 Å². The second-order valence-corrected chi connectivity index (χ2v) is 5.72. The summed E-state index contributed by atoms with van der Waals surface area (Å²) in [6.07, 6.45) is 0.422. The molecule has 122 valence electrons. The third-order valence-electron chi connectivity index (χ3n) is 3.89. The minimum Gasteiger partial charge on any atom is -0.481 e. The first-order chi connectivity index (χ1) is 11.0. The molecule has 0 saturated heterocycles. The van der Waals surface area contributed by atoms with Crippen LogP contribution in [0.3, 0.4) is 0 Å². The average Bonchev–Trinajstić information content (AvgIpc) is 2.54. The number of amides is 1. The van der Waals surface area contributed by atoms with Crippen molar-refractivity contribution < 1.29 is 9.53 Å². The first-order valence-corrected chi connectivity index (χ1v) is 7.93. The molecule has 2 atom stereocenters. The number of carbonyl (C=O) groups excluding carboxylic acids is 1. The summed E-state index contributed by atoms with van der Waals surface area (Å²) in [4.78, 5) is 12.3. The summed E-state index contributed by atoms with van der Waals surface area (Å²) in [6, 6.07) is 15.0. The number of ether oxygens (including phenoxy) is 1. The van der Waals surface area contributed by atoms with Crippen LogP contribution < -0.4 is 15.8 Å². The van der Waals surface area contributed by atoms with Crippen LogP contribution in [0.15, 0.2) is 48.5 Å². The smallest absolute Gasteiger partial charge is 0.265 e. The van der Waals surface area contributed by atoms with Gasteiger partial charge in [-0.3, -0.25) is 4.79 Å². The summed E-state index contributed by atoms with van der Waals surface area (Å²) < 4.78 is 5.89. The Morgan fingerprint density at radius 2 is 1.91 bits per heavy atom. The number of rotatable bonds is 6. The SMILES string of the molecule is CCC(C)c1ccccc1OC(C)C(=O)Nc1cccc(N)c1. The molecule has 23 heavy (non-hydrogen) atoms. The highest BCUT2D eigenvalue weighted by atomic mass is 16.5. The summed E-state index contributed by atoms with van der Waals surface area (Å²) in [6.45, 7) is 6.03. The van der Waals surface area contributed by atoms with E-state index in [0.29, 0.717) is 17.3 Å². The molecule has 0 radical (unpaired) electrons. The largest absolute Gasteiger partial charge is 0.481 e. The molecule has 0 fully saturated rings. The lowest BCUT2D eigenvalue weighted by Gasteiger charge is -2.19. The van der Waals surface area contributed by atoms with Gasteiger partial charge in [0.15, 0.2) is 6.10 Å². The maximum atomic E-state index is 12.3. The fraction of sp³-hybridized carbons (Fsp3) is 0.316. The van der Waals surface area contributed by atoms with Crippen molar-refractivity contribution in [3.8, 4) is 5.75 Å². The molecule has 3 N–H and O–H groups in total. The van der Waals surface area contributed by atoms with E-state index in [9.17, 15) is 4.79 Å². The van der Waals surface area contributed by atoms with Crippen LogP contribution in [0.4, 0.5) is 11.4 Å². The van der Waals surface area contributed by atoms with Crippen LogP contribution in [0.1, 0.15) is 38.7 Å². The predicted octanol–water partition coefficient (Wildman–Crippen LogP) is 4.19. The molecule has 0 aliphatic heterocycles. The molecule has 0 spiro atoms. The molecule has 2 unspecified atom stereocenters. The van der Waals surface area contributed by atoms with Gasteiger partial charge in [-0.1, -0.05) is 38.1 Å². The number of benzene rings is 2. The van der Waals surface area contributed by atoms with E-state index >= 15 is 0 Å². The van der Waals surface area contributed by atoms with Crippen LogP contribution in [-0.2, 0) is 4.79 Å². The molecule has 0 aliphatic carbocycles. The highest BCUT2D eigenvalue weighted by Crippen LogP contribution is 2.29. The molecule has 4 heteroatoms. The van der Waals surface area contributed by atoms with Crippen LogP contribution in [0.25, 0.3) is 0 Å². The molecule has 0 heterocycles. The molecule has 2 rings (SSSR count). The van der Waals surface area contributed by atoms with Crippen molar-refractivity contribution in [1.82, 2.24) is 0 Å². The van der Waals surface area contributed by atoms with Crippen molar-refractivity contribution in [1.29, 1.82) is 0 Å². The number of para-hydroxylation sites is 1. The fourth-order valence-corrected chi connectivity index (χ4v) is 2.32. The Morgan fingerprint density at radius 3 is 2.61 bits per heavy atom. The molecule has 2 aromatic carbocycles. The minimum absolute atomic E-state index is 0.199. The Morgan fingerprint density at radius 1 is 1.17 bits per heavy atom. The number of hydrogen-bond acceptors (Lipinski definition) is 3. The Hall–Kier alpha value is -2.49. The van der Waals surface area contributed by atoms with Gasteiger partial charge in [0.05, 0.1) is 0 Å². The van der Waals surface area contributed by atoms with Crippen LogP contribution in [0.5, 0.6) is 5.75 Å². The molecule has 0 aromatic heterocycles. The van der Waals surface area contributed by atoms with Gasteiger partial charge in [0.2, 0.25) is 0 Å². The fourth-order valence-electron chi connectivity index (χ4n) is 2.32. The van der Waals surface area contributed by atoms with Crippen molar-refractivity contribution in [3.63, 3.8) is 0 Å².